The van der Waals surface area contributed by atoms with Gasteiger partial charge in [-0.3, -0.25) is 4.79 Å². The number of benzene rings is 2. The van der Waals surface area contributed by atoms with E-state index in [2.05, 4.69) is 10.1 Å². The highest BCUT2D eigenvalue weighted by Gasteiger charge is 2.08. The molecular weight excluding hydrogens is 353 g/mol. The van der Waals surface area contributed by atoms with Crippen LogP contribution in [-0.2, 0) is 15.3 Å². The molecule has 0 atom stereocenters. The highest BCUT2D eigenvalue weighted by molar-refractivity contribution is 7.99. The second-order valence-electron chi connectivity index (χ2n) is 4.85. The van der Waals surface area contributed by atoms with Crippen LogP contribution in [-0.4, -0.2) is 24.7 Å². The highest BCUT2D eigenvalue weighted by atomic mass is 35.5. The molecule has 0 heterocycles. The van der Waals surface area contributed by atoms with E-state index in [9.17, 15) is 14.0 Å². The number of ether oxygens (including phenoxy) is 1. The molecule has 126 valence electrons. The maximum atomic E-state index is 13.0. The molecule has 0 bridgehead atoms. The van der Waals surface area contributed by atoms with Crippen molar-refractivity contribution in [1.82, 2.24) is 0 Å². The van der Waals surface area contributed by atoms with Gasteiger partial charge in [-0.25, -0.2) is 9.18 Å². The van der Waals surface area contributed by atoms with Crippen LogP contribution in [0.3, 0.4) is 0 Å². The SMILES string of the molecule is COC(=O)c1ccc(NC(=O)CSCc2ccc(F)cc2Cl)cc1. The second-order valence-corrected chi connectivity index (χ2v) is 6.24. The summed E-state index contributed by atoms with van der Waals surface area (Å²) in [4.78, 5) is 23.2. The number of hydrogen-bond acceptors (Lipinski definition) is 4. The van der Waals surface area contributed by atoms with Gasteiger partial charge in [0.2, 0.25) is 5.91 Å². The molecule has 0 fully saturated rings. The van der Waals surface area contributed by atoms with Gasteiger partial charge in [0.1, 0.15) is 5.82 Å². The first kappa shape index (κ1) is 18.3. The molecule has 0 aliphatic heterocycles. The zero-order chi connectivity index (χ0) is 17.5. The Kier molecular flexibility index (Phi) is 6.63. The molecule has 2 rings (SSSR count). The number of rotatable bonds is 6. The number of nitrogens with one attached hydrogen (secondary N) is 1. The predicted molar refractivity (Wildman–Crippen MR) is 94.0 cm³/mol. The van der Waals surface area contributed by atoms with E-state index in [0.29, 0.717) is 22.0 Å². The number of amides is 1. The Morgan fingerprint density at radius 2 is 1.92 bits per heavy atom. The predicted octanol–water partition coefficient (Wildman–Crippen LogP) is 4.14. The minimum absolute atomic E-state index is 0.177. The summed E-state index contributed by atoms with van der Waals surface area (Å²) in [6.45, 7) is 0. The first-order valence-electron chi connectivity index (χ1n) is 6.99. The minimum atomic E-state index is -0.431. The fourth-order valence-electron chi connectivity index (χ4n) is 1.90. The lowest BCUT2D eigenvalue weighted by molar-refractivity contribution is -0.113. The number of hydrogen-bond donors (Lipinski definition) is 1. The smallest absolute Gasteiger partial charge is 0.337 e. The van der Waals surface area contributed by atoms with Crippen LogP contribution in [0.15, 0.2) is 42.5 Å². The zero-order valence-corrected chi connectivity index (χ0v) is 14.4. The van der Waals surface area contributed by atoms with Crippen LogP contribution in [0.5, 0.6) is 0 Å². The monoisotopic (exact) mass is 367 g/mol. The van der Waals surface area contributed by atoms with Gasteiger partial charge in [0.05, 0.1) is 18.4 Å². The lowest BCUT2D eigenvalue weighted by Gasteiger charge is -2.07. The first-order chi connectivity index (χ1) is 11.5. The summed E-state index contributed by atoms with van der Waals surface area (Å²) in [5, 5.41) is 3.08. The van der Waals surface area contributed by atoms with Crippen molar-refractivity contribution in [3.05, 3.63) is 64.4 Å². The molecule has 0 unspecified atom stereocenters. The molecule has 1 amide bonds. The van der Waals surface area contributed by atoms with Crippen molar-refractivity contribution in [2.24, 2.45) is 0 Å². The van der Waals surface area contributed by atoms with Crippen molar-refractivity contribution in [1.29, 1.82) is 0 Å². The molecule has 0 saturated carbocycles. The minimum Gasteiger partial charge on any atom is -0.465 e. The fourth-order valence-corrected chi connectivity index (χ4v) is 3.04. The molecule has 7 heteroatoms. The van der Waals surface area contributed by atoms with E-state index in [-0.39, 0.29) is 17.5 Å². The van der Waals surface area contributed by atoms with Crippen molar-refractivity contribution in [2.45, 2.75) is 5.75 Å². The quantitative estimate of drug-likeness (QED) is 0.780. The van der Waals surface area contributed by atoms with Crippen molar-refractivity contribution in [3.8, 4) is 0 Å². The number of methoxy groups -OCH3 is 1. The Morgan fingerprint density at radius 3 is 2.54 bits per heavy atom. The van der Waals surface area contributed by atoms with Crippen LogP contribution in [0, 0.1) is 5.82 Å². The summed E-state index contributed by atoms with van der Waals surface area (Å²) in [7, 11) is 1.31. The average Bonchev–Trinajstić information content (AvgIpc) is 2.57. The Balaban J connectivity index is 1.81. The van der Waals surface area contributed by atoms with Gasteiger partial charge in [0.15, 0.2) is 0 Å². The van der Waals surface area contributed by atoms with E-state index in [1.54, 1.807) is 30.3 Å². The van der Waals surface area contributed by atoms with Crippen molar-refractivity contribution < 1.29 is 18.7 Å². The molecule has 0 aromatic heterocycles. The molecule has 0 aliphatic carbocycles. The van der Waals surface area contributed by atoms with Gasteiger partial charge >= 0.3 is 5.97 Å². The third-order valence-electron chi connectivity index (χ3n) is 3.10. The molecule has 2 aromatic carbocycles. The van der Waals surface area contributed by atoms with Crippen LogP contribution < -0.4 is 5.32 Å². The summed E-state index contributed by atoms with van der Waals surface area (Å²) < 4.78 is 17.6. The van der Waals surface area contributed by atoms with Gasteiger partial charge < -0.3 is 10.1 Å². The van der Waals surface area contributed by atoms with Crippen LogP contribution in [0.4, 0.5) is 10.1 Å². The van der Waals surface area contributed by atoms with Gasteiger partial charge in [-0.1, -0.05) is 17.7 Å². The van der Waals surface area contributed by atoms with Gasteiger partial charge in [0.25, 0.3) is 0 Å². The molecular formula is C17H15ClFNO3S. The topological polar surface area (TPSA) is 55.4 Å². The van der Waals surface area contributed by atoms with Crippen LogP contribution in [0.1, 0.15) is 15.9 Å². The van der Waals surface area contributed by atoms with E-state index in [1.165, 1.54) is 31.0 Å². The number of anilines is 1. The number of halogens is 2. The van der Waals surface area contributed by atoms with E-state index in [1.807, 2.05) is 0 Å². The Morgan fingerprint density at radius 1 is 1.21 bits per heavy atom. The van der Waals surface area contributed by atoms with Gasteiger partial charge in [0, 0.05) is 16.5 Å². The summed E-state index contributed by atoms with van der Waals surface area (Å²) >= 11 is 7.31. The third kappa shape index (κ3) is 5.25. The summed E-state index contributed by atoms with van der Waals surface area (Å²) in [5.74, 6) is -0.258. The summed E-state index contributed by atoms with van der Waals surface area (Å²) in [6.07, 6.45) is 0. The number of thioether (sulfide) groups is 1. The van der Waals surface area contributed by atoms with E-state index in [0.717, 1.165) is 5.56 Å². The molecule has 2 aromatic rings. The maximum Gasteiger partial charge on any atom is 0.337 e. The molecule has 0 spiro atoms. The molecule has 0 aliphatic rings. The largest absolute Gasteiger partial charge is 0.465 e. The lowest BCUT2D eigenvalue weighted by Crippen LogP contribution is -2.14. The van der Waals surface area contributed by atoms with Gasteiger partial charge in [-0.2, -0.15) is 0 Å². The Hall–Kier alpha value is -2.05. The first-order valence-corrected chi connectivity index (χ1v) is 8.53. The highest BCUT2D eigenvalue weighted by Crippen LogP contribution is 2.22. The fraction of sp³-hybridized carbons (Fsp3) is 0.176. The number of carbonyl (C=O) groups is 2. The van der Waals surface area contributed by atoms with E-state index >= 15 is 0 Å². The van der Waals surface area contributed by atoms with Crippen molar-refractivity contribution in [2.75, 3.05) is 18.2 Å². The van der Waals surface area contributed by atoms with Crippen LogP contribution >= 0.6 is 23.4 Å². The van der Waals surface area contributed by atoms with Crippen molar-refractivity contribution >= 4 is 40.9 Å². The Bertz CT molecular complexity index is 737. The number of esters is 1. The summed E-state index contributed by atoms with van der Waals surface area (Å²) in [6, 6.07) is 10.6. The van der Waals surface area contributed by atoms with Crippen molar-refractivity contribution in [3.63, 3.8) is 0 Å². The normalized spacial score (nSPS) is 10.3. The molecule has 1 N–H and O–H groups in total. The van der Waals surface area contributed by atoms with E-state index < -0.39 is 5.97 Å². The summed E-state index contributed by atoms with van der Waals surface area (Å²) in [5.41, 5.74) is 1.78. The average molecular weight is 368 g/mol. The van der Waals surface area contributed by atoms with Gasteiger partial charge in [-0.15, -0.1) is 11.8 Å². The zero-order valence-electron chi connectivity index (χ0n) is 12.8. The molecule has 0 saturated heterocycles. The Labute approximate surface area is 148 Å². The van der Waals surface area contributed by atoms with Crippen LogP contribution in [0.2, 0.25) is 5.02 Å². The van der Waals surface area contributed by atoms with Crippen LogP contribution in [0.25, 0.3) is 0 Å². The van der Waals surface area contributed by atoms with Gasteiger partial charge in [-0.05, 0) is 42.0 Å². The maximum absolute atomic E-state index is 13.0. The number of carbonyl (C=O) groups excluding carboxylic acids is 2. The third-order valence-corrected chi connectivity index (χ3v) is 4.43. The standard InChI is InChI=1S/C17H15ClFNO3S/c1-23-17(22)11-3-6-14(7-4-11)20-16(21)10-24-9-12-2-5-13(19)8-15(12)18/h2-8H,9-10H2,1H3,(H,20,21). The molecule has 0 radical (unpaired) electrons. The molecule has 24 heavy (non-hydrogen) atoms. The van der Waals surface area contributed by atoms with E-state index in [4.69, 9.17) is 11.6 Å². The molecule has 4 nitrogen and oxygen atoms in total. The second kappa shape index (κ2) is 8.70. The lowest BCUT2D eigenvalue weighted by atomic mass is 10.2.